The number of carbonyl (C=O) groups is 2. The van der Waals surface area contributed by atoms with E-state index in [-0.39, 0.29) is 17.1 Å². The topological polar surface area (TPSA) is 55.8 Å². The Morgan fingerprint density at radius 1 is 1.15 bits per heavy atom. The predicted octanol–water partition coefficient (Wildman–Crippen LogP) is 3.86. The fraction of sp³-hybridized carbons (Fsp3) is 0.238. The largest absolute Gasteiger partial charge is 0.415 e. The minimum Gasteiger partial charge on any atom is -0.409 e. The van der Waals surface area contributed by atoms with E-state index in [9.17, 15) is 14.0 Å². The lowest BCUT2D eigenvalue weighted by atomic mass is 10.1. The minimum absolute atomic E-state index is 0.181. The first-order valence-corrected chi connectivity index (χ1v) is 8.66. The summed E-state index contributed by atoms with van der Waals surface area (Å²) in [5.74, 6) is -0.600. The summed E-state index contributed by atoms with van der Waals surface area (Å²) in [7, 11) is 0. The van der Waals surface area contributed by atoms with Crippen LogP contribution in [0, 0.1) is 12.7 Å². The second-order valence-corrected chi connectivity index (χ2v) is 6.19. The lowest BCUT2D eigenvalue weighted by molar-refractivity contribution is 0.0415. The fourth-order valence-electron chi connectivity index (χ4n) is 2.70. The van der Waals surface area contributed by atoms with Crippen LogP contribution in [0.2, 0.25) is 0 Å². The van der Waals surface area contributed by atoms with Gasteiger partial charge in [0.25, 0.3) is 0 Å². The highest BCUT2D eigenvalue weighted by Gasteiger charge is 2.21. The molecular weight excluding hydrogens is 349 g/mol. The van der Waals surface area contributed by atoms with Gasteiger partial charge in [-0.1, -0.05) is 29.8 Å². The van der Waals surface area contributed by atoms with Gasteiger partial charge >= 0.3 is 6.09 Å². The summed E-state index contributed by atoms with van der Waals surface area (Å²) in [5.41, 5.74) is 1.42. The Morgan fingerprint density at radius 3 is 2.63 bits per heavy atom. The Morgan fingerprint density at radius 2 is 1.89 bits per heavy atom. The quantitative estimate of drug-likeness (QED) is 0.607. The van der Waals surface area contributed by atoms with Crippen LogP contribution in [0.5, 0.6) is 5.75 Å². The van der Waals surface area contributed by atoms with Gasteiger partial charge in [-0.15, -0.1) is 0 Å². The van der Waals surface area contributed by atoms with Crippen molar-refractivity contribution >= 4 is 18.0 Å². The SMILES string of the molecule is Cc1ccc(OC(=O)N2CCOCC2)c(C(=O)C=Cc2ccccc2F)c1. The summed E-state index contributed by atoms with van der Waals surface area (Å²) in [6.07, 6.45) is 2.17. The molecule has 1 saturated heterocycles. The van der Waals surface area contributed by atoms with Crippen molar-refractivity contribution in [2.24, 2.45) is 0 Å². The molecule has 0 N–H and O–H groups in total. The maximum absolute atomic E-state index is 13.7. The third-order valence-corrected chi connectivity index (χ3v) is 4.19. The first-order valence-electron chi connectivity index (χ1n) is 8.66. The monoisotopic (exact) mass is 369 g/mol. The van der Waals surface area contributed by atoms with Gasteiger partial charge < -0.3 is 14.4 Å². The Hall–Kier alpha value is -2.99. The molecule has 0 bridgehead atoms. The number of carbonyl (C=O) groups excluding carboxylic acids is 2. The fourth-order valence-corrected chi connectivity index (χ4v) is 2.70. The van der Waals surface area contributed by atoms with Gasteiger partial charge in [-0.05, 0) is 37.3 Å². The lowest BCUT2D eigenvalue weighted by Crippen LogP contribution is -2.42. The molecule has 0 atom stereocenters. The highest BCUT2D eigenvalue weighted by atomic mass is 19.1. The first-order chi connectivity index (χ1) is 13.0. The van der Waals surface area contributed by atoms with Gasteiger partial charge in [-0.2, -0.15) is 0 Å². The maximum atomic E-state index is 13.7. The van der Waals surface area contributed by atoms with Crippen molar-refractivity contribution < 1.29 is 23.5 Å². The zero-order valence-electron chi connectivity index (χ0n) is 15.0. The highest BCUT2D eigenvalue weighted by Crippen LogP contribution is 2.23. The summed E-state index contributed by atoms with van der Waals surface area (Å²) >= 11 is 0. The molecule has 1 amide bonds. The van der Waals surface area contributed by atoms with Crippen LogP contribution in [-0.4, -0.2) is 43.1 Å². The zero-order valence-corrected chi connectivity index (χ0v) is 15.0. The molecule has 0 radical (unpaired) electrons. The van der Waals surface area contributed by atoms with Crippen molar-refractivity contribution in [3.63, 3.8) is 0 Å². The first kappa shape index (κ1) is 18.8. The second kappa shape index (κ2) is 8.60. The molecule has 2 aromatic rings. The summed E-state index contributed by atoms with van der Waals surface area (Å²) in [4.78, 5) is 26.5. The Labute approximate surface area is 157 Å². The van der Waals surface area contributed by atoms with Gasteiger partial charge in [0.15, 0.2) is 5.78 Å². The van der Waals surface area contributed by atoms with Crippen molar-refractivity contribution in [2.75, 3.05) is 26.3 Å². The molecule has 0 aromatic heterocycles. The van der Waals surface area contributed by atoms with E-state index in [1.165, 1.54) is 23.1 Å². The molecule has 0 spiro atoms. The molecule has 6 heteroatoms. The number of aryl methyl sites for hydroxylation is 1. The van der Waals surface area contributed by atoms with Gasteiger partial charge in [-0.25, -0.2) is 9.18 Å². The molecule has 1 aliphatic heterocycles. The number of amides is 1. The summed E-state index contributed by atoms with van der Waals surface area (Å²) in [6.45, 7) is 3.65. The van der Waals surface area contributed by atoms with Crippen LogP contribution in [0.1, 0.15) is 21.5 Å². The number of ether oxygens (including phenoxy) is 2. The van der Waals surface area contributed by atoms with Crippen molar-refractivity contribution in [3.05, 3.63) is 71.0 Å². The number of benzene rings is 2. The molecule has 5 nitrogen and oxygen atoms in total. The molecule has 0 aliphatic carbocycles. The molecule has 3 rings (SSSR count). The molecule has 140 valence electrons. The molecule has 1 heterocycles. The molecule has 0 unspecified atom stereocenters. The van der Waals surface area contributed by atoms with Gasteiger partial charge in [0.2, 0.25) is 0 Å². The minimum atomic E-state index is -0.519. The number of rotatable bonds is 4. The van der Waals surface area contributed by atoms with Crippen LogP contribution in [-0.2, 0) is 4.74 Å². The van der Waals surface area contributed by atoms with Gasteiger partial charge in [0.05, 0.1) is 18.8 Å². The van der Waals surface area contributed by atoms with Crippen LogP contribution in [0.15, 0.2) is 48.5 Å². The smallest absolute Gasteiger partial charge is 0.409 e. The number of ketones is 1. The molecule has 27 heavy (non-hydrogen) atoms. The average molecular weight is 369 g/mol. The molecule has 2 aromatic carbocycles. The van der Waals surface area contributed by atoms with Gasteiger partial charge in [-0.3, -0.25) is 4.79 Å². The van der Waals surface area contributed by atoms with E-state index in [4.69, 9.17) is 9.47 Å². The van der Waals surface area contributed by atoms with Gasteiger partial charge in [0, 0.05) is 18.7 Å². The number of hydrogen-bond acceptors (Lipinski definition) is 4. The molecule has 1 fully saturated rings. The maximum Gasteiger partial charge on any atom is 0.415 e. The average Bonchev–Trinajstić information content (AvgIpc) is 2.69. The number of allylic oxidation sites excluding steroid dienone is 1. The Balaban J connectivity index is 1.80. The van der Waals surface area contributed by atoms with Crippen molar-refractivity contribution in [3.8, 4) is 5.75 Å². The van der Waals surface area contributed by atoms with Crippen molar-refractivity contribution in [1.29, 1.82) is 0 Å². The predicted molar refractivity (Wildman–Crippen MR) is 99.4 cm³/mol. The number of hydrogen-bond donors (Lipinski definition) is 0. The third-order valence-electron chi connectivity index (χ3n) is 4.19. The number of halogens is 1. The van der Waals surface area contributed by atoms with Gasteiger partial charge in [0.1, 0.15) is 11.6 Å². The van der Waals surface area contributed by atoms with E-state index >= 15 is 0 Å². The van der Waals surface area contributed by atoms with Crippen LogP contribution in [0.25, 0.3) is 6.08 Å². The van der Waals surface area contributed by atoms with Crippen molar-refractivity contribution in [1.82, 2.24) is 4.90 Å². The molecule has 0 saturated carbocycles. The van der Waals surface area contributed by atoms with Crippen LogP contribution >= 0.6 is 0 Å². The number of nitrogens with zero attached hydrogens (tertiary/aromatic N) is 1. The van der Waals surface area contributed by atoms with E-state index in [0.29, 0.717) is 31.9 Å². The standard InChI is InChI=1S/C21H20FNO4/c1-15-6-9-20(27-21(25)23-10-12-26-13-11-23)17(14-15)19(24)8-7-16-4-2-3-5-18(16)22/h2-9,14H,10-13H2,1H3. The lowest BCUT2D eigenvalue weighted by Gasteiger charge is -2.26. The van der Waals surface area contributed by atoms with E-state index in [0.717, 1.165) is 5.56 Å². The molecular formula is C21H20FNO4. The van der Waals surface area contributed by atoms with Crippen LogP contribution < -0.4 is 4.74 Å². The number of morpholine rings is 1. The van der Waals surface area contributed by atoms with E-state index < -0.39 is 11.9 Å². The normalized spacial score (nSPS) is 14.4. The summed E-state index contributed by atoms with van der Waals surface area (Å²) in [6, 6.07) is 11.2. The van der Waals surface area contributed by atoms with Crippen LogP contribution in [0.4, 0.5) is 9.18 Å². The van der Waals surface area contributed by atoms with Crippen LogP contribution in [0.3, 0.4) is 0 Å². The van der Waals surface area contributed by atoms with E-state index in [1.54, 1.807) is 36.4 Å². The highest BCUT2D eigenvalue weighted by molar-refractivity contribution is 6.09. The third kappa shape index (κ3) is 4.80. The molecule has 1 aliphatic rings. The van der Waals surface area contributed by atoms with E-state index in [1.807, 2.05) is 6.92 Å². The van der Waals surface area contributed by atoms with E-state index in [2.05, 4.69) is 0 Å². The Kier molecular flexibility index (Phi) is 5.98. The van der Waals surface area contributed by atoms with Crippen molar-refractivity contribution in [2.45, 2.75) is 6.92 Å². The summed E-state index contributed by atoms with van der Waals surface area (Å²) in [5, 5.41) is 0. The summed E-state index contributed by atoms with van der Waals surface area (Å²) < 4.78 is 24.4. The zero-order chi connectivity index (χ0) is 19.2. The second-order valence-electron chi connectivity index (χ2n) is 6.19. The Bertz CT molecular complexity index is 872.